The molecule has 0 saturated carbocycles. The van der Waals surface area contributed by atoms with Gasteiger partial charge < -0.3 is 25.9 Å². The number of fused-ring (bicyclic) bond motifs is 1. The molecule has 2 atom stereocenters. The van der Waals surface area contributed by atoms with Crippen molar-refractivity contribution in [1.82, 2.24) is 10.2 Å². The van der Waals surface area contributed by atoms with E-state index in [2.05, 4.69) is 10.5 Å². The van der Waals surface area contributed by atoms with E-state index in [-0.39, 0.29) is 12.3 Å². The van der Waals surface area contributed by atoms with Gasteiger partial charge in [-0.1, -0.05) is 53.7 Å². The van der Waals surface area contributed by atoms with Crippen molar-refractivity contribution in [3.05, 3.63) is 70.8 Å². The van der Waals surface area contributed by atoms with Crippen molar-refractivity contribution in [2.75, 3.05) is 6.54 Å². The molecule has 2 aromatic rings. The Morgan fingerprint density at radius 2 is 1.89 bits per heavy atom. The number of carboxylic acid groups (broad SMARTS) is 1. The Balaban J connectivity index is 1.34. The number of aliphatic carboxylic acids is 1. The fourth-order valence-electron chi connectivity index (χ4n) is 4.29. The average Bonchev–Trinajstić information content (AvgIpc) is 3.31. The fourth-order valence-corrected chi connectivity index (χ4v) is 4.29. The first kappa shape index (κ1) is 23.9. The maximum atomic E-state index is 13.1. The van der Waals surface area contributed by atoms with Crippen molar-refractivity contribution >= 4 is 29.3 Å². The second-order valence-electron chi connectivity index (χ2n) is 8.66. The van der Waals surface area contributed by atoms with Gasteiger partial charge >= 0.3 is 5.97 Å². The molecule has 1 unspecified atom stereocenters. The summed E-state index contributed by atoms with van der Waals surface area (Å²) in [5, 5.41) is 23.4. The standard InChI is InChI=1S/C25H27N5O5/c26-24(27)17-7-5-16(6-8-17)20-11-19(35-29-20)12-22(31)28-21(13-23(32)33)25(34)30-10-9-15-3-1-2-4-18(15)14-30/h1-8,19,21H,9-14H2,(H3,26,27)(H,28,31)(H,32,33)/t19?,21-/m0/s1. The first-order chi connectivity index (χ1) is 16.8. The number of carboxylic acids is 1. The van der Waals surface area contributed by atoms with Gasteiger partial charge in [0.2, 0.25) is 11.8 Å². The van der Waals surface area contributed by atoms with Crippen LogP contribution in [-0.4, -0.2) is 58.0 Å². The van der Waals surface area contributed by atoms with Gasteiger partial charge in [0.15, 0.2) is 0 Å². The van der Waals surface area contributed by atoms with Crippen LogP contribution >= 0.6 is 0 Å². The van der Waals surface area contributed by atoms with Crippen LogP contribution < -0.4 is 11.1 Å². The Hall–Kier alpha value is -4.21. The molecule has 10 heteroatoms. The van der Waals surface area contributed by atoms with Crippen LogP contribution in [0.5, 0.6) is 0 Å². The number of amides is 2. The van der Waals surface area contributed by atoms with Gasteiger partial charge in [-0.15, -0.1) is 0 Å². The molecule has 0 fully saturated rings. The summed E-state index contributed by atoms with van der Waals surface area (Å²) in [6, 6.07) is 13.6. The summed E-state index contributed by atoms with van der Waals surface area (Å²) in [6.07, 6.45) is -0.0322. The molecule has 2 amide bonds. The molecule has 35 heavy (non-hydrogen) atoms. The number of nitrogens with two attached hydrogens (primary N) is 1. The van der Waals surface area contributed by atoms with Gasteiger partial charge in [-0.2, -0.15) is 0 Å². The summed E-state index contributed by atoms with van der Waals surface area (Å²) in [4.78, 5) is 44.2. The van der Waals surface area contributed by atoms with Gasteiger partial charge in [0.25, 0.3) is 0 Å². The quantitative estimate of drug-likeness (QED) is 0.332. The van der Waals surface area contributed by atoms with Crippen LogP contribution in [0.25, 0.3) is 0 Å². The van der Waals surface area contributed by atoms with Crippen LogP contribution in [0, 0.1) is 5.41 Å². The lowest BCUT2D eigenvalue weighted by Crippen LogP contribution is -2.51. The summed E-state index contributed by atoms with van der Waals surface area (Å²) in [5.74, 6) is -2.09. The molecule has 0 aliphatic carbocycles. The topological polar surface area (TPSA) is 158 Å². The van der Waals surface area contributed by atoms with Crippen molar-refractivity contribution in [2.45, 2.75) is 44.4 Å². The summed E-state index contributed by atoms with van der Waals surface area (Å²) in [7, 11) is 0. The highest BCUT2D eigenvalue weighted by atomic mass is 16.6. The Morgan fingerprint density at radius 1 is 1.17 bits per heavy atom. The van der Waals surface area contributed by atoms with Crippen molar-refractivity contribution in [3.8, 4) is 0 Å². The largest absolute Gasteiger partial charge is 0.481 e. The first-order valence-corrected chi connectivity index (χ1v) is 11.3. The van der Waals surface area contributed by atoms with E-state index in [4.69, 9.17) is 16.0 Å². The normalized spacial score (nSPS) is 17.5. The molecule has 0 spiro atoms. The van der Waals surface area contributed by atoms with E-state index in [0.29, 0.717) is 37.2 Å². The monoisotopic (exact) mass is 477 g/mol. The zero-order valence-corrected chi connectivity index (χ0v) is 19.1. The number of nitrogens with one attached hydrogen (secondary N) is 2. The molecule has 4 rings (SSSR count). The molecule has 2 aliphatic heterocycles. The van der Waals surface area contributed by atoms with Crippen molar-refractivity contribution in [2.24, 2.45) is 10.9 Å². The number of nitrogens with zero attached hydrogens (tertiary/aromatic N) is 2. The van der Waals surface area contributed by atoms with E-state index in [9.17, 15) is 19.5 Å². The van der Waals surface area contributed by atoms with E-state index in [1.807, 2.05) is 24.3 Å². The lowest BCUT2D eigenvalue weighted by Gasteiger charge is -2.31. The van der Waals surface area contributed by atoms with Crippen molar-refractivity contribution in [1.29, 1.82) is 5.41 Å². The Kier molecular flexibility index (Phi) is 7.09. The molecule has 2 aliphatic rings. The number of amidine groups is 1. The molecular formula is C25H27N5O5. The average molecular weight is 478 g/mol. The fraction of sp³-hybridized carbons (Fsp3) is 0.320. The van der Waals surface area contributed by atoms with Crippen molar-refractivity contribution < 1.29 is 24.3 Å². The zero-order valence-electron chi connectivity index (χ0n) is 19.1. The molecule has 0 aromatic heterocycles. The Morgan fingerprint density at radius 3 is 2.57 bits per heavy atom. The zero-order chi connectivity index (χ0) is 24.9. The molecule has 0 radical (unpaired) electrons. The third-order valence-corrected chi connectivity index (χ3v) is 6.13. The van der Waals surface area contributed by atoms with Gasteiger partial charge in [-0.05, 0) is 23.1 Å². The van der Waals surface area contributed by atoms with Gasteiger partial charge in [0.1, 0.15) is 18.0 Å². The molecular weight excluding hydrogens is 450 g/mol. The van der Waals surface area contributed by atoms with Crippen LogP contribution in [0.2, 0.25) is 0 Å². The summed E-state index contributed by atoms with van der Waals surface area (Å²) >= 11 is 0. The van der Waals surface area contributed by atoms with Crippen LogP contribution in [0.1, 0.15) is 41.5 Å². The smallest absolute Gasteiger partial charge is 0.305 e. The maximum Gasteiger partial charge on any atom is 0.305 e. The van der Waals surface area contributed by atoms with E-state index in [1.165, 1.54) is 5.56 Å². The molecule has 0 saturated heterocycles. The predicted octanol–water partition coefficient (Wildman–Crippen LogP) is 1.40. The minimum atomic E-state index is -1.17. The Labute approximate surface area is 202 Å². The molecule has 5 N–H and O–H groups in total. The molecule has 10 nitrogen and oxygen atoms in total. The summed E-state index contributed by atoms with van der Waals surface area (Å²) < 4.78 is 0. The minimum Gasteiger partial charge on any atom is -0.481 e. The van der Waals surface area contributed by atoms with Crippen LogP contribution in [0.15, 0.2) is 53.7 Å². The number of oxime groups is 1. The highest BCUT2D eigenvalue weighted by molar-refractivity contribution is 6.03. The number of nitrogen functional groups attached to an aromatic ring is 1. The number of benzene rings is 2. The summed E-state index contributed by atoms with van der Waals surface area (Å²) in [6.45, 7) is 0.847. The number of carbonyl (C=O) groups is 3. The van der Waals surface area contributed by atoms with Crippen molar-refractivity contribution in [3.63, 3.8) is 0 Å². The number of carbonyl (C=O) groups excluding carboxylic acids is 2. The van der Waals surface area contributed by atoms with Gasteiger partial charge in [-0.3, -0.25) is 19.8 Å². The van der Waals surface area contributed by atoms with Crippen LogP contribution in [-0.2, 0) is 32.2 Å². The minimum absolute atomic E-state index is 0.0325. The second-order valence-corrected chi connectivity index (χ2v) is 8.66. The number of hydrogen-bond donors (Lipinski definition) is 4. The third-order valence-electron chi connectivity index (χ3n) is 6.13. The molecule has 182 valence electrons. The third kappa shape index (κ3) is 5.84. The van der Waals surface area contributed by atoms with E-state index < -0.39 is 36.4 Å². The highest BCUT2D eigenvalue weighted by Gasteiger charge is 2.32. The highest BCUT2D eigenvalue weighted by Crippen LogP contribution is 2.21. The molecule has 2 heterocycles. The number of hydrogen-bond acceptors (Lipinski definition) is 6. The van der Waals surface area contributed by atoms with E-state index in [1.54, 1.807) is 29.2 Å². The Bertz CT molecular complexity index is 1180. The van der Waals surface area contributed by atoms with Gasteiger partial charge in [-0.25, -0.2) is 0 Å². The van der Waals surface area contributed by atoms with E-state index >= 15 is 0 Å². The predicted molar refractivity (Wildman–Crippen MR) is 128 cm³/mol. The van der Waals surface area contributed by atoms with Gasteiger partial charge in [0, 0.05) is 25.1 Å². The number of rotatable bonds is 8. The van der Waals surface area contributed by atoms with Crippen LogP contribution in [0.4, 0.5) is 0 Å². The molecule has 2 aromatic carbocycles. The van der Waals surface area contributed by atoms with Crippen LogP contribution in [0.3, 0.4) is 0 Å². The SMILES string of the molecule is N=C(N)c1ccc(C2=NOC(CC(=O)N[C@@H](CC(=O)O)C(=O)N3CCc4ccccc4C3)C2)cc1. The van der Waals surface area contributed by atoms with E-state index in [0.717, 1.165) is 11.1 Å². The lowest BCUT2D eigenvalue weighted by atomic mass is 9.99. The first-order valence-electron chi connectivity index (χ1n) is 11.3. The van der Waals surface area contributed by atoms with Gasteiger partial charge in [0.05, 0.1) is 18.6 Å². The lowest BCUT2D eigenvalue weighted by molar-refractivity contribution is -0.144. The molecule has 0 bridgehead atoms. The second kappa shape index (κ2) is 10.4. The maximum absolute atomic E-state index is 13.1. The summed E-state index contributed by atoms with van der Waals surface area (Å²) in [5.41, 5.74) is 9.70.